The topological polar surface area (TPSA) is 77.0 Å². The summed E-state index contributed by atoms with van der Waals surface area (Å²) in [5.74, 6) is 1.09. The number of benzene rings is 1. The van der Waals surface area contributed by atoms with E-state index in [2.05, 4.69) is 10.2 Å². The second-order valence-electron chi connectivity index (χ2n) is 10.4. The molecule has 0 spiro atoms. The molecule has 2 aliphatic rings. The third kappa shape index (κ3) is 5.67. The maximum atomic E-state index is 15.9. The fourth-order valence-corrected chi connectivity index (χ4v) is 5.23. The van der Waals surface area contributed by atoms with Gasteiger partial charge in [0.1, 0.15) is 17.5 Å². The van der Waals surface area contributed by atoms with Crippen molar-refractivity contribution in [1.82, 2.24) is 15.1 Å². The molecule has 10 heteroatoms. The molecular formula is C26H34ClFN4O4. The Balaban J connectivity index is 1.52. The lowest BCUT2D eigenvalue weighted by Gasteiger charge is -2.52. The fraction of sp³-hybridized carbons (Fsp3) is 0.577. The summed E-state index contributed by atoms with van der Waals surface area (Å²) in [6.07, 6.45) is 1.19. The Morgan fingerprint density at radius 3 is 2.67 bits per heavy atom. The molecule has 0 aliphatic carbocycles. The van der Waals surface area contributed by atoms with Gasteiger partial charge in [-0.05, 0) is 76.8 Å². The number of alkyl halides is 1. The number of methoxy groups -OCH3 is 1. The predicted molar refractivity (Wildman–Crippen MR) is 136 cm³/mol. The van der Waals surface area contributed by atoms with Crippen LogP contribution in [0.5, 0.6) is 5.75 Å². The molecule has 0 N–H and O–H groups in total. The maximum absolute atomic E-state index is 15.9. The predicted octanol–water partition coefficient (Wildman–Crippen LogP) is 5.48. The van der Waals surface area contributed by atoms with E-state index in [4.69, 9.17) is 25.8 Å². The summed E-state index contributed by atoms with van der Waals surface area (Å²) in [5, 5.41) is 9.30. The van der Waals surface area contributed by atoms with E-state index in [1.807, 2.05) is 50.9 Å². The first-order valence-corrected chi connectivity index (χ1v) is 12.6. The van der Waals surface area contributed by atoms with Crippen LogP contribution in [0.4, 0.5) is 15.0 Å². The summed E-state index contributed by atoms with van der Waals surface area (Å²) >= 11 is 6.12. The minimum atomic E-state index is -1.23. The highest BCUT2D eigenvalue weighted by molar-refractivity contribution is 6.30. The minimum absolute atomic E-state index is 0.0696. The second kappa shape index (κ2) is 10.8. The molecule has 1 amide bonds. The van der Waals surface area contributed by atoms with Crippen molar-refractivity contribution in [2.75, 3.05) is 25.9 Å². The molecule has 2 saturated heterocycles. The first-order chi connectivity index (χ1) is 17.1. The van der Waals surface area contributed by atoms with Crippen LogP contribution >= 0.6 is 11.6 Å². The number of amides is 1. The van der Waals surface area contributed by atoms with E-state index >= 15 is 4.39 Å². The van der Waals surface area contributed by atoms with E-state index < -0.39 is 29.9 Å². The maximum Gasteiger partial charge on any atom is 0.410 e. The number of hydrogen-bond donors (Lipinski definition) is 0. The lowest BCUT2D eigenvalue weighted by atomic mass is 9.80. The Morgan fingerprint density at radius 1 is 1.22 bits per heavy atom. The number of hydrogen-bond acceptors (Lipinski definition) is 7. The van der Waals surface area contributed by atoms with Crippen LogP contribution in [0.15, 0.2) is 30.3 Å². The number of anilines is 1. The highest BCUT2D eigenvalue weighted by Gasteiger charge is 2.50. The van der Waals surface area contributed by atoms with Gasteiger partial charge >= 0.3 is 6.09 Å². The number of aromatic nitrogens is 2. The fourth-order valence-electron chi connectivity index (χ4n) is 5.07. The molecule has 0 radical (unpaired) electrons. The average Bonchev–Trinajstić information content (AvgIpc) is 2.83. The van der Waals surface area contributed by atoms with Crippen LogP contribution in [0.3, 0.4) is 0 Å². The van der Waals surface area contributed by atoms with Crippen molar-refractivity contribution in [2.24, 2.45) is 0 Å². The average molecular weight is 521 g/mol. The highest BCUT2D eigenvalue weighted by atomic mass is 35.5. The molecule has 8 nitrogen and oxygen atoms in total. The number of rotatable bonds is 6. The van der Waals surface area contributed by atoms with Crippen molar-refractivity contribution >= 4 is 23.5 Å². The number of ether oxygens (including phenoxy) is 3. The Kier molecular flexibility index (Phi) is 7.90. The molecule has 4 atom stereocenters. The summed E-state index contributed by atoms with van der Waals surface area (Å²) in [6.45, 7) is 5.55. The molecule has 0 saturated carbocycles. The van der Waals surface area contributed by atoms with Crippen molar-refractivity contribution in [3.8, 4) is 17.0 Å². The molecule has 1 aromatic heterocycles. The van der Waals surface area contributed by atoms with Gasteiger partial charge < -0.3 is 19.1 Å². The van der Waals surface area contributed by atoms with Gasteiger partial charge in [-0.2, -0.15) is 0 Å². The van der Waals surface area contributed by atoms with Gasteiger partial charge in [0.2, 0.25) is 0 Å². The Morgan fingerprint density at radius 2 is 2.00 bits per heavy atom. The standard InChI is InChI=1S/C26H34ClFN4O4/c1-26(2,3)36-25(33)32-17-7-6-8-20(32)24(28)21(14-17)31(4)23-12-11-19(29-30-23)18-10-9-16(27)13-22(18)35-15-34-5/h9-13,17,20-21,24H,6-8,14-15H2,1-5H3/t17-,20+,21-,24+/m0/s1. The van der Waals surface area contributed by atoms with Crippen LogP contribution in [0.2, 0.25) is 5.02 Å². The molecular weight excluding hydrogens is 487 g/mol. The summed E-state index contributed by atoms with van der Waals surface area (Å²) in [6, 6.07) is 7.90. The van der Waals surface area contributed by atoms with E-state index in [-0.39, 0.29) is 12.8 Å². The molecule has 1 aromatic carbocycles. The third-order valence-electron chi connectivity index (χ3n) is 6.70. The van der Waals surface area contributed by atoms with Gasteiger partial charge in [-0.25, -0.2) is 9.18 Å². The number of nitrogens with zero attached hydrogens (tertiary/aromatic N) is 4. The third-order valence-corrected chi connectivity index (χ3v) is 6.94. The smallest absolute Gasteiger partial charge is 0.410 e. The van der Waals surface area contributed by atoms with Gasteiger partial charge in [0.05, 0.1) is 17.8 Å². The van der Waals surface area contributed by atoms with Crippen LogP contribution in [-0.2, 0) is 9.47 Å². The van der Waals surface area contributed by atoms with Crippen molar-refractivity contribution in [3.63, 3.8) is 0 Å². The lowest BCUT2D eigenvalue weighted by molar-refractivity contribution is -0.0467. The van der Waals surface area contributed by atoms with Gasteiger partial charge in [0.25, 0.3) is 0 Å². The summed E-state index contributed by atoms with van der Waals surface area (Å²) < 4.78 is 32.1. The van der Waals surface area contributed by atoms with Gasteiger partial charge in [-0.1, -0.05) is 11.6 Å². The molecule has 3 heterocycles. The quantitative estimate of drug-likeness (QED) is 0.466. The van der Waals surface area contributed by atoms with Crippen LogP contribution in [0, 0.1) is 0 Å². The summed E-state index contributed by atoms with van der Waals surface area (Å²) in [5.41, 5.74) is 0.700. The lowest BCUT2D eigenvalue weighted by Crippen LogP contribution is -2.65. The largest absolute Gasteiger partial charge is 0.467 e. The van der Waals surface area contributed by atoms with E-state index in [0.717, 1.165) is 18.4 Å². The zero-order valence-corrected chi connectivity index (χ0v) is 22.2. The number of carbonyl (C=O) groups is 1. The van der Waals surface area contributed by atoms with Gasteiger partial charge in [0.15, 0.2) is 12.6 Å². The van der Waals surface area contributed by atoms with Crippen molar-refractivity contribution in [3.05, 3.63) is 35.4 Å². The zero-order chi connectivity index (χ0) is 26.0. The molecule has 2 fully saturated rings. The van der Waals surface area contributed by atoms with E-state index in [1.165, 1.54) is 0 Å². The van der Waals surface area contributed by atoms with Gasteiger partial charge in [0, 0.05) is 30.8 Å². The molecule has 2 bridgehead atoms. The molecule has 196 valence electrons. The van der Waals surface area contributed by atoms with Crippen molar-refractivity contribution < 1.29 is 23.4 Å². The molecule has 0 unspecified atom stereocenters. The first-order valence-electron chi connectivity index (χ1n) is 12.2. The minimum Gasteiger partial charge on any atom is -0.467 e. The molecule has 2 aliphatic heterocycles. The zero-order valence-electron chi connectivity index (χ0n) is 21.4. The molecule has 36 heavy (non-hydrogen) atoms. The van der Waals surface area contributed by atoms with Crippen LogP contribution in [-0.4, -0.2) is 72.0 Å². The SMILES string of the molecule is COCOc1cc(Cl)ccc1-c1ccc(N(C)[C@H]2C[C@@H]3CCC[C@H]([C@H]2F)N3C(=O)OC(C)(C)C)nn1. The van der Waals surface area contributed by atoms with Gasteiger partial charge in [-0.15, -0.1) is 10.2 Å². The van der Waals surface area contributed by atoms with Crippen molar-refractivity contribution in [1.29, 1.82) is 0 Å². The monoisotopic (exact) mass is 520 g/mol. The van der Waals surface area contributed by atoms with E-state index in [0.29, 0.717) is 35.1 Å². The number of fused-ring (bicyclic) bond motifs is 2. The first kappa shape index (κ1) is 26.4. The van der Waals surface area contributed by atoms with Crippen LogP contribution in [0.25, 0.3) is 11.3 Å². The highest BCUT2D eigenvalue weighted by Crippen LogP contribution is 2.39. The number of carbonyl (C=O) groups excluding carboxylic acids is 1. The second-order valence-corrected chi connectivity index (χ2v) is 10.8. The summed E-state index contributed by atoms with van der Waals surface area (Å²) in [4.78, 5) is 16.4. The van der Waals surface area contributed by atoms with E-state index in [9.17, 15) is 4.79 Å². The van der Waals surface area contributed by atoms with Crippen LogP contribution in [0.1, 0.15) is 46.5 Å². The Hall–Kier alpha value is -2.65. The van der Waals surface area contributed by atoms with Crippen LogP contribution < -0.4 is 9.64 Å². The normalized spacial score (nSPS) is 23.8. The summed E-state index contributed by atoms with van der Waals surface area (Å²) in [7, 11) is 3.37. The molecule has 4 rings (SSSR count). The number of piperidine rings is 2. The van der Waals surface area contributed by atoms with Gasteiger partial charge in [-0.3, -0.25) is 4.90 Å². The van der Waals surface area contributed by atoms with E-state index in [1.54, 1.807) is 24.1 Å². The van der Waals surface area contributed by atoms with Crippen molar-refractivity contribution in [2.45, 2.75) is 76.4 Å². The molecule has 2 aromatic rings. The number of halogens is 2. The Labute approximate surface area is 216 Å². The Bertz CT molecular complexity index is 1060.